The van der Waals surface area contributed by atoms with Crippen molar-refractivity contribution in [1.29, 1.82) is 0 Å². The average molecular weight is 363 g/mol. The van der Waals surface area contributed by atoms with Gasteiger partial charge in [-0.15, -0.1) is 12.4 Å². The Morgan fingerprint density at radius 2 is 1.96 bits per heavy atom. The minimum absolute atomic E-state index is 0. The summed E-state index contributed by atoms with van der Waals surface area (Å²) in [5, 5.41) is 0. The quantitative estimate of drug-likeness (QED) is 0.777. The van der Waals surface area contributed by atoms with Crippen molar-refractivity contribution >= 4 is 28.4 Å². The van der Waals surface area contributed by atoms with Crippen molar-refractivity contribution in [3.63, 3.8) is 0 Å². The van der Waals surface area contributed by atoms with Gasteiger partial charge in [-0.3, -0.25) is 0 Å². The fourth-order valence-corrected chi connectivity index (χ4v) is 4.44. The van der Waals surface area contributed by atoms with Crippen LogP contribution in [0, 0.1) is 6.92 Å². The SMILES string of the molecule is COC(=O)c1ccc(S(=O)(=O)NC2(CN)CCCC2)cc1C.Cl. The number of rotatable bonds is 5. The summed E-state index contributed by atoms with van der Waals surface area (Å²) in [5.74, 6) is -0.483. The molecule has 1 aliphatic rings. The number of hydrogen-bond donors (Lipinski definition) is 2. The van der Waals surface area contributed by atoms with Crippen LogP contribution in [-0.2, 0) is 14.8 Å². The molecule has 6 nitrogen and oxygen atoms in total. The fourth-order valence-electron chi connectivity index (χ4n) is 2.89. The van der Waals surface area contributed by atoms with Gasteiger partial charge < -0.3 is 10.5 Å². The molecule has 0 aromatic heterocycles. The largest absolute Gasteiger partial charge is 0.465 e. The maximum absolute atomic E-state index is 12.6. The zero-order valence-corrected chi connectivity index (χ0v) is 14.9. The second-order valence-electron chi connectivity index (χ2n) is 5.77. The van der Waals surface area contributed by atoms with E-state index >= 15 is 0 Å². The van der Waals surface area contributed by atoms with Gasteiger partial charge in [0.1, 0.15) is 0 Å². The van der Waals surface area contributed by atoms with Crippen LogP contribution in [0.4, 0.5) is 0 Å². The Hall–Kier alpha value is -1.15. The normalized spacial score (nSPS) is 16.7. The number of halogens is 1. The van der Waals surface area contributed by atoms with Gasteiger partial charge in [0.05, 0.1) is 17.6 Å². The van der Waals surface area contributed by atoms with Gasteiger partial charge in [0.25, 0.3) is 0 Å². The van der Waals surface area contributed by atoms with Gasteiger partial charge in [0.15, 0.2) is 0 Å². The highest BCUT2D eigenvalue weighted by Gasteiger charge is 2.36. The second kappa shape index (κ2) is 7.61. The Labute approximate surface area is 143 Å². The molecule has 1 aromatic rings. The number of methoxy groups -OCH3 is 1. The lowest BCUT2D eigenvalue weighted by atomic mass is 10.0. The van der Waals surface area contributed by atoms with E-state index in [-0.39, 0.29) is 23.8 Å². The van der Waals surface area contributed by atoms with Crippen LogP contribution in [0.25, 0.3) is 0 Å². The molecule has 0 heterocycles. The summed E-state index contributed by atoms with van der Waals surface area (Å²) >= 11 is 0. The smallest absolute Gasteiger partial charge is 0.338 e. The molecule has 2 rings (SSSR count). The third-order valence-electron chi connectivity index (χ3n) is 4.22. The first kappa shape index (κ1) is 19.9. The lowest BCUT2D eigenvalue weighted by Crippen LogP contribution is -2.51. The van der Waals surface area contributed by atoms with Crippen molar-refractivity contribution in [2.24, 2.45) is 5.73 Å². The van der Waals surface area contributed by atoms with Crippen LogP contribution < -0.4 is 10.5 Å². The number of benzene rings is 1. The number of carbonyl (C=O) groups is 1. The molecule has 0 amide bonds. The highest BCUT2D eigenvalue weighted by Crippen LogP contribution is 2.30. The predicted octanol–water partition coefficient (Wildman–Crippen LogP) is 1.75. The van der Waals surface area contributed by atoms with E-state index in [0.29, 0.717) is 11.1 Å². The molecule has 1 saturated carbocycles. The number of esters is 1. The van der Waals surface area contributed by atoms with Gasteiger partial charge in [-0.1, -0.05) is 12.8 Å². The number of hydrogen-bond acceptors (Lipinski definition) is 5. The molecular formula is C15H23ClN2O4S. The van der Waals surface area contributed by atoms with Crippen LogP contribution in [-0.4, -0.2) is 33.6 Å². The summed E-state index contributed by atoms with van der Waals surface area (Å²) in [6.45, 7) is 1.96. The highest BCUT2D eigenvalue weighted by atomic mass is 35.5. The maximum atomic E-state index is 12.6. The molecule has 0 radical (unpaired) electrons. The molecule has 0 bridgehead atoms. The number of carbonyl (C=O) groups excluding carboxylic acids is 1. The van der Waals surface area contributed by atoms with Crippen molar-refractivity contribution in [3.8, 4) is 0 Å². The molecule has 0 unspecified atom stereocenters. The van der Waals surface area contributed by atoms with E-state index in [1.165, 1.54) is 25.3 Å². The first-order valence-corrected chi connectivity index (χ1v) is 8.75. The lowest BCUT2D eigenvalue weighted by Gasteiger charge is -2.28. The van der Waals surface area contributed by atoms with Gasteiger partial charge in [-0.2, -0.15) is 0 Å². The van der Waals surface area contributed by atoms with Crippen LogP contribution in [0.15, 0.2) is 23.1 Å². The zero-order valence-electron chi connectivity index (χ0n) is 13.3. The van der Waals surface area contributed by atoms with Crippen molar-refractivity contribution in [1.82, 2.24) is 4.72 Å². The van der Waals surface area contributed by atoms with Gasteiger partial charge in [-0.05, 0) is 43.5 Å². The topological polar surface area (TPSA) is 98.5 Å². The third-order valence-corrected chi connectivity index (χ3v) is 5.79. The van der Waals surface area contributed by atoms with Crippen LogP contribution in [0.2, 0.25) is 0 Å². The molecule has 1 aliphatic carbocycles. The third kappa shape index (κ3) is 4.23. The number of sulfonamides is 1. The Bertz CT molecular complexity index is 670. The summed E-state index contributed by atoms with van der Waals surface area (Å²) in [7, 11) is -2.38. The van der Waals surface area contributed by atoms with Crippen molar-refractivity contribution in [2.75, 3.05) is 13.7 Å². The Morgan fingerprint density at radius 3 is 2.43 bits per heavy atom. The van der Waals surface area contributed by atoms with Crippen molar-refractivity contribution in [3.05, 3.63) is 29.3 Å². The van der Waals surface area contributed by atoms with E-state index in [1.54, 1.807) is 6.92 Å². The second-order valence-corrected chi connectivity index (χ2v) is 7.45. The molecule has 0 aliphatic heterocycles. The molecule has 130 valence electrons. The van der Waals surface area contributed by atoms with Gasteiger partial charge in [0, 0.05) is 12.1 Å². The van der Waals surface area contributed by atoms with E-state index in [9.17, 15) is 13.2 Å². The summed E-state index contributed by atoms with van der Waals surface area (Å²) < 4.78 is 32.6. The summed E-state index contributed by atoms with van der Waals surface area (Å²) in [6, 6.07) is 4.37. The van der Waals surface area contributed by atoms with E-state index in [0.717, 1.165) is 25.7 Å². The molecule has 0 atom stereocenters. The molecule has 8 heteroatoms. The lowest BCUT2D eigenvalue weighted by molar-refractivity contribution is 0.0600. The van der Waals surface area contributed by atoms with E-state index < -0.39 is 21.5 Å². The molecule has 0 spiro atoms. The molecule has 1 aromatic carbocycles. The van der Waals surface area contributed by atoms with Gasteiger partial charge in [-0.25, -0.2) is 17.9 Å². The number of nitrogens with two attached hydrogens (primary N) is 1. The van der Waals surface area contributed by atoms with E-state index in [2.05, 4.69) is 9.46 Å². The molecule has 1 fully saturated rings. The van der Waals surface area contributed by atoms with E-state index in [4.69, 9.17) is 5.73 Å². The molecular weight excluding hydrogens is 340 g/mol. The van der Waals surface area contributed by atoms with Crippen LogP contribution in [0.5, 0.6) is 0 Å². The van der Waals surface area contributed by atoms with Crippen LogP contribution >= 0.6 is 12.4 Å². The highest BCUT2D eigenvalue weighted by molar-refractivity contribution is 7.89. The predicted molar refractivity (Wildman–Crippen MR) is 90.3 cm³/mol. The summed E-state index contributed by atoms with van der Waals surface area (Å²) in [6.07, 6.45) is 3.45. The fraction of sp³-hybridized carbons (Fsp3) is 0.533. The van der Waals surface area contributed by atoms with Gasteiger partial charge in [0.2, 0.25) is 10.0 Å². The Kier molecular flexibility index (Phi) is 6.59. The summed E-state index contributed by atoms with van der Waals surface area (Å²) in [4.78, 5) is 11.7. The number of nitrogens with one attached hydrogen (secondary N) is 1. The summed E-state index contributed by atoms with van der Waals surface area (Å²) in [5.41, 5.74) is 6.15. The first-order valence-electron chi connectivity index (χ1n) is 7.27. The Morgan fingerprint density at radius 1 is 1.35 bits per heavy atom. The first-order chi connectivity index (χ1) is 10.3. The van der Waals surface area contributed by atoms with Crippen molar-refractivity contribution in [2.45, 2.75) is 43.0 Å². The zero-order chi connectivity index (χ0) is 16.4. The van der Waals surface area contributed by atoms with Crippen molar-refractivity contribution < 1.29 is 17.9 Å². The average Bonchev–Trinajstić information content (AvgIpc) is 2.94. The van der Waals surface area contributed by atoms with E-state index in [1.807, 2.05) is 0 Å². The molecule has 0 saturated heterocycles. The molecule has 3 N–H and O–H groups in total. The number of ether oxygens (including phenoxy) is 1. The molecule has 23 heavy (non-hydrogen) atoms. The minimum atomic E-state index is -3.67. The standard InChI is InChI=1S/C15H22N2O4S.ClH/c1-11-9-12(5-6-13(11)14(18)21-2)22(19,20)17-15(10-16)7-3-4-8-15;/h5-6,9,17H,3-4,7-8,10,16H2,1-2H3;1H. The maximum Gasteiger partial charge on any atom is 0.338 e. The van der Waals surface area contributed by atoms with Gasteiger partial charge >= 0.3 is 5.97 Å². The number of aryl methyl sites for hydroxylation is 1. The van der Waals surface area contributed by atoms with Crippen LogP contribution in [0.1, 0.15) is 41.6 Å². The Balaban J connectivity index is 0.00000264. The minimum Gasteiger partial charge on any atom is -0.465 e. The monoisotopic (exact) mass is 362 g/mol. The van der Waals surface area contributed by atoms with Crippen LogP contribution in [0.3, 0.4) is 0 Å².